The molecule has 52 valence electrons. The van der Waals surface area contributed by atoms with Gasteiger partial charge in [-0.1, -0.05) is 0 Å². The number of carbonyl (C=O) groups is 1. The second-order valence-electron chi connectivity index (χ2n) is 2.45. The van der Waals surface area contributed by atoms with E-state index in [0.717, 1.165) is 6.42 Å². The molecule has 1 N–H and O–H groups in total. The van der Waals surface area contributed by atoms with Gasteiger partial charge in [-0.3, -0.25) is 0 Å². The van der Waals surface area contributed by atoms with Gasteiger partial charge in [-0.2, -0.15) is 0 Å². The van der Waals surface area contributed by atoms with E-state index in [1.54, 1.807) is 0 Å². The fourth-order valence-corrected chi connectivity index (χ4v) is 1.10. The van der Waals surface area contributed by atoms with Crippen molar-refractivity contribution < 1.29 is 44.6 Å². The summed E-state index contributed by atoms with van der Waals surface area (Å²) < 4.78 is 0. The molecular weight excluding hydrogens is 143 g/mol. The van der Waals surface area contributed by atoms with Gasteiger partial charge in [-0.05, 0) is 18.8 Å². The first-order valence-corrected chi connectivity index (χ1v) is 3.07. The van der Waals surface area contributed by atoms with E-state index in [-0.39, 0.29) is 48.0 Å². The maximum Gasteiger partial charge on any atom is 1.00 e. The van der Waals surface area contributed by atoms with E-state index in [4.69, 9.17) is 5.11 Å². The molecule has 0 aromatic heterocycles. The van der Waals surface area contributed by atoms with Gasteiger partial charge in [0.25, 0.3) is 0 Å². The van der Waals surface area contributed by atoms with Crippen molar-refractivity contribution in [1.29, 1.82) is 0 Å². The van der Waals surface area contributed by atoms with Crippen molar-refractivity contribution in [2.75, 3.05) is 6.61 Å². The molecule has 1 saturated carbocycles. The molecule has 1 fully saturated rings. The van der Waals surface area contributed by atoms with Crippen LogP contribution in [-0.4, -0.2) is 17.7 Å². The Hall–Kier alpha value is 0.430. The van der Waals surface area contributed by atoms with Crippen molar-refractivity contribution in [3.05, 3.63) is 0 Å². The molecule has 10 heavy (non-hydrogen) atoms. The van der Waals surface area contributed by atoms with Crippen molar-refractivity contribution in [2.45, 2.75) is 12.8 Å². The smallest absolute Gasteiger partial charge is 0.550 e. The van der Waals surface area contributed by atoms with Gasteiger partial charge in [0, 0.05) is 18.5 Å². The van der Waals surface area contributed by atoms with Crippen molar-refractivity contribution in [3.63, 3.8) is 0 Å². The fourth-order valence-electron chi connectivity index (χ4n) is 1.10. The monoisotopic (exact) mass is 152 g/mol. The molecule has 0 aliphatic heterocycles. The third-order valence-corrected chi connectivity index (χ3v) is 1.95. The van der Waals surface area contributed by atoms with Crippen LogP contribution in [-0.2, 0) is 4.79 Å². The summed E-state index contributed by atoms with van der Waals surface area (Å²) in [6, 6.07) is 0. The summed E-state index contributed by atoms with van der Waals surface area (Å²) >= 11 is 0. The Kier molecular flexibility index (Phi) is 4.52. The van der Waals surface area contributed by atoms with Crippen molar-refractivity contribution >= 4 is 5.97 Å². The maximum absolute atomic E-state index is 10.1. The van der Waals surface area contributed by atoms with Gasteiger partial charge in [0.15, 0.2) is 0 Å². The molecule has 0 aromatic carbocycles. The summed E-state index contributed by atoms with van der Waals surface area (Å²) in [6.45, 7) is -0.0152. The molecule has 0 amide bonds. The number of aliphatic hydroxyl groups is 1. The van der Waals surface area contributed by atoms with Crippen LogP contribution >= 0.6 is 0 Å². The normalized spacial score (nSPS) is 30.1. The van der Waals surface area contributed by atoms with Crippen LogP contribution in [0.3, 0.4) is 0 Å². The van der Waals surface area contributed by atoms with Gasteiger partial charge < -0.3 is 15.0 Å². The van der Waals surface area contributed by atoms with Crippen LogP contribution in [0, 0.1) is 11.8 Å². The van der Waals surface area contributed by atoms with E-state index in [0.29, 0.717) is 6.42 Å². The van der Waals surface area contributed by atoms with Crippen LogP contribution in [0.15, 0.2) is 0 Å². The molecular formula is C6H9NaO3. The fraction of sp³-hybridized carbons (Fsp3) is 0.833. The molecule has 0 heterocycles. The predicted octanol–water partition coefficient (Wildman–Crippen LogP) is -4.24. The first-order valence-electron chi connectivity index (χ1n) is 3.07. The van der Waals surface area contributed by atoms with Crippen LogP contribution in [0.2, 0.25) is 0 Å². The van der Waals surface area contributed by atoms with E-state index in [2.05, 4.69) is 0 Å². The summed E-state index contributed by atoms with van der Waals surface area (Å²) in [6.07, 6.45) is 1.50. The van der Waals surface area contributed by atoms with E-state index in [1.807, 2.05) is 0 Å². The van der Waals surface area contributed by atoms with Gasteiger partial charge in [-0.15, -0.1) is 0 Å². The minimum atomic E-state index is -1.01. The van der Waals surface area contributed by atoms with Crippen LogP contribution in [0.1, 0.15) is 12.8 Å². The van der Waals surface area contributed by atoms with Gasteiger partial charge in [-0.25, -0.2) is 0 Å². The average Bonchev–Trinajstić information content (AvgIpc) is 1.61. The number of rotatable bonds is 2. The maximum atomic E-state index is 10.1. The Balaban J connectivity index is 0.000000810. The number of carbonyl (C=O) groups excluding carboxylic acids is 1. The number of carboxylic acids is 1. The van der Waals surface area contributed by atoms with E-state index >= 15 is 0 Å². The Morgan fingerprint density at radius 3 is 2.30 bits per heavy atom. The van der Waals surface area contributed by atoms with E-state index < -0.39 is 5.97 Å². The topological polar surface area (TPSA) is 60.4 Å². The van der Waals surface area contributed by atoms with Crippen LogP contribution in [0.25, 0.3) is 0 Å². The number of hydrogen-bond acceptors (Lipinski definition) is 3. The molecule has 0 bridgehead atoms. The van der Waals surface area contributed by atoms with Crippen LogP contribution in [0.4, 0.5) is 0 Å². The minimum Gasteiger partial charge on any atom is -0.550 e. The van der Waals surface area contributed by atoms with Gasteiger partial charge in [0.05, 0.1) is 0 Å². The Labute approximate surface area is 81.7 Å². The Bertz CT molecular complexity index is 124. The van der Waals surface area contributed by atoms with Gasteiger partial charge >= 0.3 is 29.6 Å². The van der Waals surface area contributed by atoms with Crippen molar-refractivity contribution in [2.24, 2.45) is 11.8 Å². The number of hydrogen-bond donors (Lipinski definition) is 1. The zero-order chi connectivity index (χ0) is 6.85. The quantitative estimate of drug-likeness (QED) is 0.408. The molecule has 1 aliphatic rings. The van der Waals surface area contributed by atoms with Crippen molar-refractivity contribution in [3.8, 4) is 0 Å². The van der Waals surface area contributed by atoms with E-state index in [1.165, 1.54) is 0 Å². The standard InChI is InChI=1S/C6H10O3.Na/c7-3-4-1-2-5(4)6(8)9;/h4-5,7H,1-3H2,(H,8,9);/q;+1/p-1. The predicted molar refractivity (Wildman–Crippen MR) is 28.3 cm³/mol. The molecule has 3 nitrogen and oxygen atoms in total. The summed E-state index contributed by atoms with van der Waals surface area (Å²) in [5.74, 6) is -1.43. The minimum absolute atomic E-state index is 0. The SMILES string of the molecule is O=C([O-])C1CCC1CO.[Na+]. The molecule has 0 radical (unpaired) electrons. The molecule has 0 saturated heterocycles. The largest absolute Gasteiger partial charge is 1.00 e. The second kappa shape index (κ2) is 4.34. The Morgan fingerprint density at radius 2 is 2.20 bits per heavy atom. The molecule has 0 aromatic rings. The third kappa shape index (κ3) is 1.95. The third-order valence-electron chi connectivity index (χ3n) is 1.95. The summed E-state index contributed by atoms with van der Waals surface area (Å²) in [7, 11) is 0. The zero-order valence-electron chi connectivity index (χ0n) is 6.04. The van der Waals surface area contributed by atoms with Crippen LogP contribution < -0.4 is 34.7 Å². The first kappa shape index (κ1) is 10.4. The number of carboxylic acid groups (broad SMARTS) is 1. The molecule has 1 aliphatic carbocycles. The molecule has 0 spiro atoms. The van der Waals surface area contributed by atoms with E-state index in [9.17, 15) is 9.90 Å². The van der Waals surface area contributed by atoms with Gasteiger partial charge in [0.1, 0.15) is 0 Å². The summed E-state index contributed by atoms with van der Waals surface area (Å²) in [5.41, 5.74) is 0. The molecule has 2 unspecified atom stereocenters. The van der Waals surface area contributed by atoms with Crippen LogP contribution in [0.5, 0.6) is 0 Å². The summed E-state index contributed by atoms with van der Waals surface area (Å²) in [4.78, 5) is 10.1. The first-order chi connectivity index (χ1) is 4.25. The number of aliphatic carboxylic acids is 1. The Morgan fingerprint density at radius 1 is 1.60 bits per heavy atom. The van der Waals surface area contributed by atoms with Crippen molar-refractivity contribution in [1.82, 2.24) is 0 Å². The zero-order valence-corrected chi connectivity index (χ0v) is 8.04. The molecule has 2 atom stereocenters. The number of aliphatic hydroxyl groups excluding tert-OH is 1. The molecule has 1 rings (SSSR count). The summed E-state index contributed by atoms with van der Waals surface area (Å²) in [5, 5.41) is 18.6. The average molecular weight is 152 g/mol. The molecule has 4 heteroatoms. The van der Waals surface area contributed by atoms with Gasteiger partial charge in [0.2, 0.25) is 0 Å². The second-order valence-corrected chi connectivity index (χ2v) is 2.45.